The lowest BCUT2D eigenvalue weighted by Gasteiger charge is -2.20. The van der Waals surface area contributed by atoms with E-state index in [4.69, 9.17) is 21.2 Å². The summed E-state index contributed by atoms with van der Waals surface area (Å²) in [7, 11) is 1.71. The second-order valence-electron chi connectivity index (χ2n) is 9.08. The molecule has 0 saturated heterocycles. The van der Waals surface area contributed by atoms with Gasteiger partial charge in [-0.3, -0.25) is 4.90 Å². The lowest BCUT2D eigenvalue weighted by atomic mass is 10.1. The van der Waals surface area contributed by atoms with Gasteiger partial charge >= 0.3 is 6.03 Å². The van der Waals surface area contributed by atoms with Crippen molar-refractivity contribution in [3.8, 4) is 0 Å². The highest BCUT2D eigenvalue weighted by Gasteiger charge is 2.17. The number of carbonyl (C=O) groups excluding carboxylic acids is 1. The van der Waals surface area contributed by atoms with Gasteiger partial charge in [0.1, 0.15) is 11.3 Å². The van der Waals surface area contributed by atoms with Gasteiger partial charge in [-0.2, -0.15) is 0 Å². The molecule has 2 aromatic heterocycles. The Morgan fingerprint density at radius 2 is 1.64 bits per heavy atom. The van der Waals surface area contributed by atoms with Crippen LogP contribution in [0.15, 0.2) is 54.6 Å². The zero-order valence-electron chi connectivity index (χ0n) is 21.0. The number of amides is 2. The summed E-state index contributed by atoms with van der Waals surface area (Å²) < 4.78 is 7.63. The highest BCUT2D eigenvalue weighted by molar-refractivity contribution is 6.06. The van der Waals surface area contributed by atoms with Gasteiger partial charge in [0, 0.05) is 37.7 Å². The zero-order valence-corrected chi connectivity index (χ0v) is 21.0. The summed E-state index contributed by atoms with van der Waals surface area (Å²) in [4.78, 5) is 22.9. The molecule has 8 nitrogen and oxygen atoms in total. The summed E-state index contributed by atoms with van der Waals surface area (Å²) in [6.07, 6.45) is 7.19. The molecule has 8 heteroatoms. The van der Waals surface area contributed by atoms with E-state index in [0.29, 0.717) is 19.0 Å². The van der Waals surface area contributed by atoms with Crippen LogP contribution >= 0.6 is 0 Å². The minimum absolute atomic E-state index is 0.401. The number of aryl methyl sites for hydroxylation is 1. The van der Waals surface area contributed by atoms with Crippen LogP contribution in [0, 0.1) is 0 Å². The number of fused-ring (bicyclic) bond motifs is 3. The molecule has 0 spiro atoms. The Morgan fingerprint density at radius 3 is 2.39 bits per heavy atom. The average molecular weight is 489 g/mol. The fourth-order valence-corrected chi connectivity index (χ4v) is 4.75. The number of urea groups is 1. The number of methoxy groups -OCH3 is 1. The maximum atomic E-state index is 11.8. The molecule has 2 aromatic carbocycles. The number of hydrogen-bond donors (Lipinski definition) is 2. The van der Waals surface area contributed by atoms with Gasteiger partial charge in [0.05, 0.1) is 17.6 Å². The van der Waals surface area contributed by atoms with E-state index < -0.39 is 6.03 Å². The van der Waals surface area contributed by atoms with E-state index in [1.165, 1.54) is 0 Å². The number of carbonyl (C=O) groups is 1. The molecule has 0 unspecified atom stereocenters. The quantitative estimate of drug-likeness (QED) is 0.249. The molecule has 4 rings (SSSR count). The van der Waals surface area contributed by atoms with E-state index in [2.05, 4.69) is 15.6 Å². The molecule has 4 aromatic rings. The summed E-state index contributed by atoms with van der Waals surface area (Å²) in [6.45, 7) is 2.14. The first kappa shape index (κ1) is 25.4. The lowest BCUT2D eigenvalue weighted by Crippen LogP contribution is -2.36. The third-order valence-electron chi connectivity index (χ3n) is 6.57. The molecule has 0 bridgehead atoms. The fourth-order valence-electron chi connectivity index (χ4n) is 4.75. The number of benzene rings is 2. The normalized spacial score (nSPS) is 11.4. The first-order chi connectivity index (χ1) is 17.6. The smallest absolute Gasteiger partial charge is 0.319 e. The molecule has 36 heavy (non-hydrogen) atoms. The van der Waals surface area contributed by atoms with Gasteiger partial charge in [0.25, 0.3) is 0 Å². The number of nitrogens with zero attached hydrogens (tertiary/aromatic N) is 4. The number of ether oxygens (including phenoxy) is 1. The number of imidazole rings is 1. The summed E-state index contributed by atoms with van der Waals surface area (Å²) in [5, 5.41) is 1.08. The second-order valence-corrected chi connectivity index (χ2v) is 9.08. The van der Waals surface area contributed by atoms with Crippen LogP contribution in [0.1, 0.15) is 44.3 Å². The highest BCUT2D eigenvalue weighted by atomic mass is 16.5. The summed E-state index contributed by atoms with van der Waals surface area (Å²) in [5.74, 6) is 1.46. The monoisotopic (exact) mass is 488 g/mol. The Balaban J connectivity index is 1.32. The number of hydrogen-bond acceptors (Lipinski definition) is 5. The first-order valence-corrected chi connectivity index (χ1v) is 12.7. The van der Waals surface area contributed by atoms with Crippen molar-refractivity contribution in [2.75, 3.05) is 30.9 Å². The van der Waals surface area contributed by atoms with E-state index in [0.717, 1.165) is 84.9 Å². The van der Waals surface area contributed by atoms with Crippen LogP contribution in [0.4, 0.5) is 16.3 Å². The molecule has 0 radical (unpaired) electrons. The largest absolute Gasteiger partial charge is 0.384 e. The van der Waals surface area contributed by atoms with E-state index in [1.54, 1.807) is 12.0 Å². The second kappa shape index (κ2) is 12.4. The number of pyridine rings is 1. The van der Waals surface area contributed by atoms with Gasteiger partial charge in [0.15, 0.2) is 5.82 Å². The third-order valence-corrected chi connectivity index (χ3v) is 6.57. The van der Waals surface area contributed by atoms with Crippen molar-refractivity contribution >= 4 is 39.5 Å². The number of unbranched alkanes of at least 4 members (excludes halogenated alkanes) is 5. The van der Waals surface area contributed by atoms with Crippen LogP contribution in [-0.4, -0.2) is 40.8 Å². The van der Waals surface area contributed by atoms with Gasteiger partial charge in [-0.15, -0.1) is 0 Å². The Kier molecular flexibility index (Phi) is 8.73. The predicted molar refractivity (Wildman–Crippen MR) is 146 cm³/mol. The van der Waals surface area contributed by atoms with Crippen molar-refractivity contribution in [3.63, 3.8) is 0 Å². The van der Waals surface area contributed by atoms with Crippen LogP contribution in [0.2, 0.25) is 0 Å². The molecule has 0 fully saturated rings. The number of primary amides is 1. The minimum Gasteiger partial charge on any atom is -0.384 e. The predicted octanol–water partition coefficient (Wildman–Crippen LogP) is 5.28. The summed E-state index contributed by atoms with van der Waals surface area (Å²) in [6, 6.07) is 17.3. The van der Waals surface area contributed by atoms with Gasteiger partial charge < -0.3 is 20.8 Å². The molecule has 0 saturated carbocycles. The van der Waals surface area contributed by atoms with E-state index in [-0.39, 0.29) is 0 Å². The third kappa shape index (κ3) is 5.94. The number of nitrogens with two attached hydrogens (primary N) is 2. The Morgan fingerprint density at radius 1 is 0.944 bits per heavy atom. The Hall–Kier alpha value is -3.65. The molecule has 2 amide bonds. The minimum atomic E-state index is -0.401. The van der Waals surface area contributed by atoms with E-state index >= 15 is 0 Å². The van der Waals surface area contributed by atoms with Crippen LogP contribution in [-0.2, 0) is 17.7 Å². The van der Waals surface area contributed by atoms with E-state index in [9.17, 15) is 4.79 Å². The molecule has 0 aliphatic heterocycles. The van der Waals surface area contributed by atoms with Crippen molar-refractivity contribution in [1.82, 2.24) is 14.5 Å². The molecular formula is C28H36N6O2. The van der Waals surface area contributed by atoms with Crippen LogP contribution in [0.5, 0.6) is 0 Å². The fraction of sp³-hybridized carbons (Fsp3) is 0.393. The van der Waals surface area contributed by atoms with Crippen molar-refractivity contribution < 1.29 is 9.53 Å². The average Bonchev–Trinajstić information content (AvgIpc) is 3.26. The topological polar surface area (TPSA) is 112 Å². The first-order valence-electron chi connectivity index (χ1n) is 12.7. The van der Waals surface area contributed by atoms with Crippen LogP contribution in [0.3, 0.4) is 0 Å². The molecule has 190 valence electrons. The molecule has 0 aliphatic rings. The highest BCUT2D eigenvalue weighted by Crippen LogP contribution is 2.29. The Labute approximate surface area is 212 Å². The summed E-state index contributed by atoms with van der Waals surface area (Å²) >= 11 is 0. The number of anilines is 2. The molecular weight excluding hydrogens is 452 g/mol. The van der Waals surface area contributed by atoms with Crippen molar-refractivity contribution in [3.05, 3.63) is 60.4 Å². The SMILES string of the molecule is COCCc1nc2c(N)nc3ccccc3c2n1CCCCCCCCN(C(N)=O)c1ccccc1. The maximum absolute atomic E-state index is 11.8. The number of para-hydroxylation sites is 2. The van der Waals surface area contributed by atoms with Crippen molar-refractivity contribution in [2.24, 2.45) is 5.73 Å². The molecule has 2 heterocycles. The lowest BCUT2D eigenvalue weighted by molar-refractivity contribution is 0.199. The van der Waals surface area contributed by atoms with Crippen molar-refractivity contribution in [2.45, 2.75) is 51.5 Å². The maximum Gasteiger partial charge on any atom is 0.319 e. The van der Waals surface area contributed by atoms with E-state index in [1.807, 2.05) is 48.5 Å². The van der Waals surface area contributed by atoms with Gasteiger partial charge in [-0.05, 0) is 31.0 Å². The number of nitrogen functional groups attached to an aromatic ring is 1. The van der Waals surface area contributed by atoms with Gasteiger partial charge in [-0.1, -0.05) is 62.1 Å². The molecule has 0 aliphatic carbocycles. The van der Waals surface area contributed by atoms with Crippen LogP contribution < -0.4 is 16.4 Å². The van der Waals surface area contributed by atoms with Gasteiger partial charge in [0.2, 0.25) is 0 Å². The van der Waals surface area contributed by atoms with Gasteiger partial charge in [-0.25, -0.2) is 14.8 Å². The summed E-state index contributed by atoms with van der Waals surface area (Å²) in [5.41, 5.74) is 15.4. The number of aromatic nitrogens is 3. The van der Waals surface area contributed by atoms with Crippen molar-refractivity contribution in [1.29, 1.82) is 0 Å². The standard InChI is InChI=1S/C28H36N6O2/c1-36-20-17-24-32-25-26(22-15-9-10-16-23(22)31-27(25)29)34(24)19-12-5-3-2-4-11-18-33(28(30)35)21-13-7-6-8-14-21/h6-10,13-16H,2-5,11-12,17-20H2,1H3,(H2,29,31)(H2,30,35). The Bertz CT molecular complexity index is 1290. The molecule has 4 N–H and O–H groups in total. The zero-order chi connectivity index (χ0) is 25.3. The molecule has 0 atom stereocenters. The number of rotatable bonds is 13. The van der Waals surface area contributed by atoms with Crippen LogP contribution in [0.25, 0.3) is 21.9 Å².